The monoisotopic (exact) mass is 346 g/mol. The van der Waals surface area contributed by atoms with E-state index in [1.54, 1.807) is 0 Å². The van der Waals surface area contributed by atoms with Gasteiger partial charge in [-0.25, -0.2) is 4.79 Å². The molecule has 1 aromatic carbocycles. The van der Waals surface area contributed by atoms with E-state index in [9.17, 15) is 9.90 Å². The highest BCUT2D eigenvalue weighted by molar-refractivity contribution is 5.74. The largest absolute Gasteiger partial charge is 0.388 e. The van der Waals surface area contributed by atoms with Gasteiger partial charge >= 0.3 is 6.03 Å². The highest BCUT2D eigenvalue weighted by atomic mass is 16.5. The second kappa shape index (κ2) is 8.68. The van der Waals surface area contributed by atoms with Crippen molar-refractivity contribution in [2.24, 2.45) is 5.92 Å². The molecule has 2 fully saturated rings. The summed E-state index contributed by atoms with van der Waals surface area (Å²) < 4.78 is 5.29. The van der Waals surface area contributed by atoms with Crippen LogP contribution in [-0.4, -0.2) is 36.5 Å². The van der Waals surface area contributed by atoms with Crippen LogP contribution in [0.2, 0.25) is 0 Å². The zero-order valence-corrected chi connectivity index (χ0v) is 14.9. The molecule has 2 amide bonds. The molecule has 3 rings (SSSR count). The summed E-state index contributed by atoms with van der Waals surface area (Å²) in [6, 6.07) is 10.1. The van der Waals surface area contributed by atoms with E-state index in [0.717, 1.165) is 18.4 Å². The Hall–Kier alpha value is -1.59. The van der Waals surface area contributed by atoms with Crippen LogP contribution in [0.25, 0.3) is 0 Å². The fourth-order valence-corrected chi connectivity index (χ4v) is 3.97. The normalized spacial score (nSPS) is 22.1. The number of carbonyl (C=O) groups excluding carboxylic acids is 1. The number of benzene rings is 1. The molecule has 0 bridgehead atoms. The summed E-state index contributed by atoms with van der Waals surface area (Å²) >= 11 is 0. The maximum absolute atomic E-state index is 12.5. The average Bonchev–Trinajstić information content (AvgIpc) is 2.66. The van der Waals surface area contributed by atoms with Gasteiger partial charge in [-0.3, -0.25) is 0 Å². The third kappa shape index (κ3) is 5.19. The van der Waals surface area contributed by atoms with Crippen LogP contribution >= 0.6 is 0 Å². The van der Waals surface area contributed by atoms with E-state index < -0.39 is 5.60 Å². The Morgan fingerprint density at radius 3 is 2.52 bits per heavy atom. The first-order valence-corrected chi connectivity index (χ1v) is 9.56. The first-order chi connectivity index (χ1) is 12.2. The standard InChI is InChI=1S/C20H30N2O3/c23-19(21-15-20(24)11-13-25-14-12-20)22-18(16-7-3-1-4-8-16)17-9-5-2-6-10-17/h1,3-4,7-8,17-18,24H,2,5-6,9-15H2,(H2,21,22,23)/t18-/m1/s1. The summed E-state index contributed by atoms with van der Waals surface area (Å²) in [5.41, 5.74) is 0.317. The Morgan fingerprint density at radius 2 is 1.84 bits per heavy atom. The van der Waals surface area contributed by atoms with E-state index in [4.69, 9.17) is 4.74 Å². The molecule has 0 radical (unpaired) electrons. The minimum absolute atomic E-state index is 0.0332. The molecule has 1 aliphatic heterocycles. The van der Waals surface area contributed by atoms with Crippen LogP contribution in [-0.2, 0) is 4.74 Å². The van der Waals surface area contributed by atoms with Gasteiger partial charge in [0.1, 0.15) is 0 Å². The number of hydrogen-bond donors (Lipinski definition) is 3. The van der Waals surface area contributed by atoms with Crippen LogP contribution in [0.1, 0.15) is 56.6 Å². The summed E-state index contributed by atoms with van der Waals surface area (Å²) in [6.45, 7) is 1.37. The number of ether oxygens (including phenoxy) is 1. The van der Waals surface area contributed by atoms with Crippen molar-refractivity contribution in [1.29, 1.82) is 0 Å². The minimum atomic E-state index is -0.845. The van der Waals surface area contributed by atoms with E-state index in [1.165, 1.54) is 19.3 Å². The van der Waals surface area contributed by atoms with E-state index in [0.29, 0.717) is 32.0 Å². The van der Waals surface area contributed by atoms with Gasteiger partial charge in [0.2, 0.25) is 0 Å². The Kier molecular flexibility index (Phi) is 6.32. The van der Waals surface area contributed by atoms with Crippen molar-refractivity contribution < 1.29 is 14.6 Å². The molecule has 0 spiro atoms. The number of urea groups is 1. The van der Waals surface area contributed by atoms with Gasteiger partial charge in [0, 0.05) is 32.6 Å². The fraction of sp³-hybridized carbons (Fsp3) is 0.650. The molecule has 2 aliphatic rings. The van der Waals surface area contributed by atoms with Gasteiger partial charge in [0.25, 0.3) is 0 Å². The minimum Gasteiger partial charge on any atom is -0.388 e. The fourth-order valence-electron chi connectivity index (χ4n) is 3.97. The van der Waals surface area contributed by atoms with Gasteiger partial charge in [-0.2, -0.15) is 0 Å². The zero-order chi connectivity index (χ0) is 17.5. The lowest BCUT2D eigenvalue weighted by molar-refractivity contribution is -0.0601. The summed E-state index contributed by atoms with van der Waals surface area (Å²) in [6.07, 6.45) is 7.20. The number of carbonyl (C=O) groups is 1. The first-order valence-electron chi connectivity index (χ1n) is 9.56. The molecular formula is C20H30N2O3. The van der Waals surface area contributed by atoms with E-state index >= 15 is 0 Å². The van der Waals surface area contributed by atoms with Crippen LogP contribution < -0.4 is 10.6 Å². The molecule has 1 heterocycles. The van der Waals surface area contributed by atoms with E-state index in [1.807, 2.05) is 18.2 Å². The van der Waals surface area contributed by atoms with Gasteiger partial charge in [-0.1, -0.05) is 49.6 Å². The second-order valence-electron chi connectivity index (χ2n) is 7.45. The lowest BCUT2D eigenvalue weighted by atomic mass is 9.81. The van der Waals surface area contributed by atoms with Crippen LogP contribution in [0.4, 0.5) is 4.79 Å². The van der Waals surface area contributed by atoms with E-state index in [-0.39, 0.29) is 18.6 Å². The molecule has 1 atom stereocenters. The molecule has 1 aromatic rings. The molecule has 3 N–H and O–H groups in total. The van der Waals surface area contributed by atoms with Gasteiger partial charge in [-0.15, -0.1) is 0 Å². The molecule has 5 nitrogen and oxygen atoms in total. The molecule has 5 heteroatoms. The number of nitrogens with one attached hydrogen (secondary N) is 2. The quantitative estimate of drug-likeness (QED) is 0.767. The van der Waals surface area contributed by atoms with E-state index in [2.05, 4.69) is 22.8 Å². The first kappa shape index (κ1) is 18.2. The topological polar surface area (TPSA) is 70.6 Å². The Bertz CT molecular complexity index is 537. The molecular weight excluding hydrogens is 316 g/mol. The maximum atomic E-state index is 12.5. The van der Waals surface area contributed by atoms with Crippen LogP contribution in [0, 0.1) is 5.92 Å². The molecule has 1 saturated carbocycles. The van der Waals surface area contributed by atoms with Crippen molar-refractivity contribution in [2.45, 2.75) is 56.6 Å². The Morgan fingerprint density at radius 1 is 1.16 bits per heavy atom. The summed E-state index contributed by atoms with van der Waals surface area (Å²) in [5.74, 6) is 0.480. The highest BCUT2D eigenvalue weighted by Crippen LogP contribution is 2.34. The van der Waals surface area contributed by atoms with Crippen molar-refractivity contribution in [3.8, 4) is 0 Å². The summed E-state index contributed by atoms with van der Waals surface area (Å²) in [5, 5.41) is 16.5. The summed E-state index contributed by atoms with van der Waals surface area (Å²) in [4.78, 5) is 12.5. The third-order valence-electron chi connectivity index (χ3n) is 5.57. The molecule has 0 unspecified atom stereocenters. The van der Waals surface area contributed by atoms with Crippen LogP contribution in [0.3, 0.4) is 0 Å². The number of amides is 2. The number of hydrogen-bond acceptors (Lipinski definition) is 3. The SMILES string of the molecule is O=C(NCC1(O)CCOCC1)N[C@H](c1ccccc1)C1CCCCC1. The third-order valence-corrected chi connectivity index (χ3v) is 5.57. The Labute approximate surface area is 150 Å². The highest BCUT2D eigenvalue weighted by Gasteiger charge is 2.31. The molecule has 1 saturated heterocycles. The van der Waals surface area contributed by atoms with Crippen molar-refractivity contribution in [1.82, 2.24) is 10.6 Å². The second-order valence-corrected chi connectivity index (χ2v) is 7.45. The zero-order valence-electron chi connectivity index (χ0n) is 14.9. The molecule has 138 valence electrons. The lowest BCUT2D eigenvalue weighted by Crippen LogP contribution is -2.50. The van der Waals surface area contributed by atoms with Gasteiger partial charge in [0.05, 0.1) is 11.6 Å². The van der Waals surface area contributed by atoms with Crippen molar-refractivity contribution in [3.05, 3.63) is 35.9 Å². The summed E-state index contributed by atoms with van der Waals surface area (Å²) in [7, 11) is 0. The average molecular weight is 346 g/mol. The predicted octanol–water partition coefficient (Wildman–Crippen LogP) is 3.15. The number of rotatable bonds is 5. The van der Waals surface area contributed by atoms with Crippen molar-refractivity contribution in [2.75, 3.05) is 19.8 Å². The van der Waals surface area contributed by atoms with Crippen LogP contribution in [0.15, 0.2) is 30.3 Å². The number of aliphatic hydroxyl groups is 1. The Balaban J connectivity index is 1.60. The lowest BCUT2D eigenvalue weighted by Gasteiger charge is -2.34. The van der Waals surface area contributed by atoms with Crippen molar-refractivity contribution in [3.63, 3.8) is 0 Å². The van der Waals surface area contributed by atoms with Crippen molar-refractivity contribution >= 4 is 6.03 Å². The van der Waals surface area contributed by atoms with Gasteiger partial charge in [-0.05, 0) is 24.3 Å². The predicted molar refractivity (Wildman–Crippen MR) is 97.3 cm³/mol. The molecule has 25 heavy (non-hydrogen) atoms. The maximum Gasteiger partial charge on any atom is 0.315 e. The molecule has 1 aliphatic carbocycles. The van der Waals surface area contributed by atoms with Gasteiger partial charge in [0.15, 0.2) is 0 Å². The van der Waals surface area contributed by atoms with Gasteiger partial charge < -0.3 is 20.5 Å². The van der Waals surface area contributed by atoms with Crippen LogP contribution in [0.5, 0.6) is 0 Å². The molecule has 0 aromatic heterocycles. The smallest absolute Gasteiger partial charge is 0.315 e.